The summed E-state index contributed by atoms with van der Waals surface area (Å²) in [5.74, 6) is 0.374. The Bertz CT molecular complexity index is 613. The second-order valence-corrected chi connectivity index (χ2v) is 7.09. The largest absolute Gasteiger partial charge is 0.498 e. The molecule has 1 saturated carbocycles. The Labute approximate surface area is 137 Å². The lowest BCUT2D eigenvalue weighted by molar-refractivity contribution is 0.00578. The molecular formula is C16H23BN2O4. The summed E-state index contributed by atoms with van der Waals surface area (Å²) in [6.07, 6.45) is 3.90. The molecule has 1 saturated heterocycles. The normalized spacial score (nSPS) is 22.0. The summed E-state index contributed by atoms with van der Waals surface area (Å²) in [7, 11) is 0.993. The van der Waals surface area contributed by atoms with E-state index in [1.165, 1.54) is 0 Å². The first-order chi connectivity index (χ1) is 10.7. The minimum Gasteiger partial charge on any atom is -0.489 e. The molecule has 0 bridgehead atoms. The molecule has 2 fully saturated rings. The summed E-state index contributed by atoms with van der Waals surface area (Å²) in [4.78, 5) is 16.1. The van der Waals surface area contributed by atoms with Gasteiger partial charge >= 0.3 is 7.12 Å². The Balaban J connectivity index is 1.96. The highest BCUT2D eigenvalue weighted by molar-refractivity contribution is 6.63. The minimum atomic E-state index is -0.583. The number of amides is 1. The molecule has 1 N–H and O–H groups in total. The molecule has 0 atom stereocenters. The van der Waals surface area contributed by atoms with Gasteiger partial charge in [-0.15, -0.1) is 0 Å². The highest BCUT2D eigenvalue weighted by atomic mass is 16.7. The van der Waals surface area contributed by atoms with Gasteiger partial charge in [0.25, 0.3) is 5.91 Å². The van der Waals surface area contributed by atoms with Crippen molar-refractivity contribution in [3.63, 3.8) is 0 Å². The first kappa shape index (κ1) is 16.3. The van der Waals surface area contributed by atoms with E-state index in [0.29, 0.717) is 16.9 Å². The average Bonchev–Trinajstić information content (AvgIpc) is 3.25. The molecule has 6 nitrogen and oxygen atoms in total. The molecule has 0 spiro atoms. The molecular weight excluding hydrogens is 295 g/mol. The Morgan fingerprint density at radius 1 is 1.30 bits per heavy atom. The Hall–Kier alpha value is -1.60. The lowest BCUT2D eigenvalue weighted by Gasteiger charge is -2.32. The number of ether oxygens (including phenoxy) is 1. The summed E-state index contributed by atoms with van der Waals surface area (Å²) in [6, 6.07) is 1.69. The molecule has 7 heteroatoms. The lowest BCUT2D eigenvalue weighted by atomic mass is 9.78. The maximum atomic E-state index is 11.9. The van der Waals surface area contributed by atoms with Crippen LogP contribution in [-0.4, -0.2) is 42.4 Å². The number of nitrogens with one attached hydrogen (secondary N) is 1. The molecule has 1 aliphatic carbocycles. The monoisotopic (exact) mass is 318 g/mol. The summed E-state index contributed by atoms with van der Waals surface area (Å²) in [5, 5.41) is 2.58. The van der Waals surface area contributed by atoms with Crippen LogP contribution in [0.25, 0.3) is 0 Å². The number of carbonyl (C=O) groups excluding carboxylic acids is 1. The number of hydrogen-bond donors (Lipinski definition) is 1. The van der Waals surface area contributed by atoms with E-state index >= 15 is 0 Å². The van der Waals surface area contributed by atoms with E-state index in [1.807, 2.05) is 27.7 Å². The molecule has 1 aromatic rings. The van der Waals surface area contributed by atoms with Gasteiger partial charge in [0.05, 0.1) is 23.5 Å². The number of hydrogen-bond acceptors (Lipinski definition) is 5. The van der Waals surface area contributed by atoms with Gasteiger partial charge in [0, 0.05) is 12.5 Å². The van der Waals surface area contributed by atoms with Crippen LogP contribution in [0, 0.1) is 0 Å². The number of rotatable bonds is 4. The maximum absolute atomic E-state index is 11.9. The third-order valence-electron chi connectivity index (χ3n) is 4.68. The van der Waals surface area contributed by atoms with Crippen molar-refractivity contribution in [1.82, 2.24) is 10.3 Å². The zero-order valence-electron chi connectivity index (χ0n) is 14.3. The van der Waals surface area contributed by atoms with E-state index in [1.54, 1.807) is 19.3 Å². The number of carbonyl (C=O) groups is 1. The Morgan fingerprint density at radius 3 is 2.43 bits per heavy atom. The van der Waals surface area contributed by atoms with E-state index in [-0.39, 0.29) is 12.0 Å². The topological polar surface area (TPSA) is 69.7 Å². The molecule has 0 unspecified atom stereocenters. The predicted octanol–water partition coefficient (Wildman–Crippen LogP) is 1.28. The minimum absolute atomic E-state index is 0.226. The average molecular weight is 318 g/mol. The fraction of sp³-hybridized carbons (Fsp3) is 0.625. The molecule has 0 radical (unpaired) electrons. The van der Waals surface area contributed by atoms with E-state index in [9.17, 15) is 4.79 Å². The summed E-state index contributed by atoms with van der Waals surface area (Å²) in [5.41, 5.74) is 0.125. The van der Waals surface area contributed by atoms with Crippen molar-refractivity contribution in [2.75, 3.05) is 7.05 Å². The third-order valence-corrected chi connectivity index (χ3v) is 4.68. The highest BCUT2D eigenvalue weighted by Gasteiger charge is 2.52. The number of pyridine rings is 1. The second kappa shape index (κ2) is 5.49. The molecule has 1 aromatic heterocycles. The summed E-state index contributed by atoms with van der Waals surface area (Å²) < 4.78 is 18.1. The van der Waals surface area contributed by atoms with E-state index in [4.69, 9.17) is 14.0 Å². The van der Waals surface area contributed by atoms with Crippen molar-refractivity contribution in [3.05, 3.63) is 18.0 Å². The van der Waals surface area contributed by atoms with Gasteiger partial charge in [-0.25, -0.2) is 4.98 Å². The van der Waals surface area contributed by atoms with E-state index in [0.717, 1.165) is 12.8 Å². The quantitative estimate of drug-likeness (QED) is 0.847. The summed E-state index contributed by atoms with van der Waals surface area (Å²) >= 11 is 0. The van der Waals surface area contributed by atoms with Crippen LogP contribution < -0.4 is 15.5 Å². The fourth-order valence-corrected chi connectivity index (χ4v) is 2.33. The van der Waals surface area contributed by atoms with Gasteiger partial charge in [-0.2, -0.15) is 0 Å². The van der Waals surface area contributed by atoms with Gasteiger partial charge in [0.15, 0.2) is 0 Å². The van der Waals surface area contributed by atoms with E-state index < -0.39 is 18.3 Å². The second-order valence-electron chi connectivity index (χ2n) is 7.09. The highest BCUT2D eigenvalue weighted by Crippen LogP contribution is 2.37. The maximum Gasteiger partial charge on any atom is 0.498 e. The standard InChI is InChI=1S/C16H23BN2O4/c1-15(2)16(3,4)23-17(22-15)11-8-12(14(20)18-5)19-9-13(11)21-10-6-7-10/h8-10H,6-7H2,1-5H3,(H,18,20). The van der Waals surface area contributed by atoms with Crippen molar-refractivity contribution < 1.29 is 18.8 Å². The van der Waals surface area contributed by atoms with Crippen LogP contribution in [0.4, 0.5) is 0 Å². The Morgan fingerprint density at radius 2 is 1.91 bits per heavy atom. The summed E-state index contributed by atoms with van der Waals surface area (Å²) in [6.45, 7) is 7.98. The smallest absolute Gasteiger partial charge is 0.489 e. The fourth-order valence-electron chi connectivity index (χ4n) is 2.33. The van der Waals surface area contributed by atoms with E-state index in [2.05, 4.69) is 10.3 Å². The van der Waals surface area contributed by atoms with Gasteiger partial charge in [-0.3, -0.25) is 4.79 Å². The number of nitrogens with zero attached hydrogens (tertiary/aromatic N) is 1. The molecule has 124 valence electrons. The molecule has 23 heavy (non-hydrogen) atoms. The lowest BCUT2D eigenvalue weighted by Crippen LogP contribution is -2.41. The first-order valence-corrected chi connectivity index (χ1v) is 7.98. The van der Waals surface area contributed by atoms with Gasteiger partial charge < -0.3 is 19.4 Å². The first-order valence-electron chi connectivity index (χ1n) is 7.98. The van der Waals surface area contributed by atoms with Crippen LogP contribution in [0.3, 0.4) is 0 Å². The zero-order chi connectivity index (χ0) is 16.8. The van der Waals surface area contributed by atoms with Crippen LogP contribution in [0.5, 0.6) is 5.75 Å². The molecule has 3 rings (SSSR count). The third kappa shape index (κ3) is 3.08. The van der Waals surface area contributed by atoms with Crippen molar-refractivity contribution in [2.45, 2.75) is 57.8 Å². The molecule has 1 amide bonds. The van der Waals surface area contributed by atoms with Crippen LogP contribution in [-0.2, 0) is 9.31 Å². The molecule has 1 aliphatic heterocycles. The van der Waals surface area contributed by atoms with Crippen molar-refractivity contribution >= 4 is 18.5 Å². The van der Waals surface area contributed by atoms with Gasteiger partial charge in [-0.05, 0) is 46.6 Å². The van der Waals surface area contributed by atoms with Crippen LogP contribution >= 0.6 is 0 Å². The van der Waals surface area contributed by atoms with Gasteiger partial charge in [0.2, 0.25) is 0 Å². The van der Waals surface area contributed by atoms with Gasteiger partial charge in [0.1, 0.15) is 11.4 Å². The van der Waals surface area contributed by atoms with Crippen molar-refractivity contribution in [1.29, 1.82) is 0 Å². The van der Waals surface area contributed by atoms with Crippen molar-refractivity contribution in [2.24, 2.45) is 0 Å². The zero-order valence-corrected chi connectivity index (χ0v) is 14.3. The van der Waals surface area contributed by atoms with Gasteiger partial charge in [-0.1, -0.05) is 0 Å². The van der Waals surface area contributed by atoms with Crippen LogP contribution in [0.2, 0.25) is 0 Å². The number of aromatic nitrogens is 1. The van der Waals surface area contributed by atoms with Crippen LogP contribution in [0.1, 0.15) is 51.0 Å². The molecule has 0 aromatic carbocycles. The molecule has 2 heterocycles. The SMILES string of the molecule is CNC(=O)c1cc(B2OC(C)(C)C(C)(C)O2)c(OC2CC2)cn1. The van der Waals surface area contributed by atoms with Crippen molar-refractivity contribution in [3.8, 4) is 5.75 Å². The molecule has 2 aliphatic rings. The predicted molar refractivity (Wildman–Crippen MR) is 87.0 cm³/mol. The van der Waals surface area contributed by atoms with Crippen LogP contribution in [0.15, 0.2) is 12.3 Å². The Kier molecular flexibility index (Phi) is 3.88.